The van der Waals surface area contributed by atoms with E-state index in [2.05, 4.69) is 86.8 Å². The van der Waals surface area contributed by atoms with Crippen molar-refractivity contribution in [2.75, 3.05) is 40.9 Å². The number of likely N-dealkylation sites (N-methyl/N-ethyl adjacent to an activating group) is 1. The average Bonchev–Trinajstić information content (AvgIpc) is 3.47. The van der Waals surface area contributed by atoms with E-state index in [1.165, 1.54) is 205 Å². The van der Waals surface area contributed by atoms with E-state index in [0.717, 1.165) is 89.9 Å². The molecule has 9 nitrogen and oxygen atoms in total. The summed E-state index contributed by atoms with van der Waals surface area (Å²) in [5.74, 6) is -0.541. The molecular weight excluding hydrogens is 1050 g/mol. The van der Waals surface area contributed by atoms with Gasteiger partial charge in [0, 0.05) is 12.8 Å². The van der Waals surface area contributed by atoms with E-state index in [1.807, 2.05) is 33.3 Å². The first-order chi connectivity index (χ1) is 40.4. The van der Waals surface area contributed by atoms with Gasteiger partial charge in [-0.2, -0.15) is 0 Å². The summed E-state index contributed by atoms with van der Waals surface area (Å²) in [6.07, 6.45) is 81.6. The van der Waals surface area contributed by atoms with Crippen molar-refractivity contribution in [3.63, 3.8) is 0 Å². The minimum Gasteiger partial charge on any atom is -0.756 e. The van der Waals surface area contributed by atoms with Gasteiger partial charge in [0.1, 0.15) is 19.3 Å². The van der Waals surface area contributed by atoms with Gasteiger partial charge >= 0.3 is 5.97 Å². The molecule has 0 bridgehead atoms. The highest BCUT2D eigenvalue weighted by Gasteiger charge is 2.27. The number of hydrogen-bond donors (Lipinski definition) is 1. The van der Waals surface area contributed by atoms with E-state index in [1.54, 1.807) is 0 Å². The number of carbonyl (C=O) groups is 2. The monoisotopic (exact) mass is 1180 g/mol. The van der Waals surface area contributed by atoms with Crippen LogP contribution in [-0.4, -0.2) is 69.4 Å². The van der Waals surface area contributed by atoms with E-state index in [4.69, 9.17) is 13.8 Å². The third-order valence-corrected chi connectivity index (χ3v) is 16.6. The number of allylic oxidation sites excluding steroid dienone is 11. The minimum atomic E-state index is -4.71. The van der Waals surface area contributed by atoms with E-state index in [-0.39, 0.29) is 24.9 Å². The van der Waals surface area contributed by atoms with Gasteiger partial charge in [0.05, 0.1) is 33.8 Å². The van der Waals surface area contributed by atoms with E-state index in [9.17, 15) is 19.0 Å². The van der Waals surface area contributed by atoms with Crippen LogP contribution in [0.4, 0.5) is 0 Å². The van der Waals surface area contributed by atoms with Crippen LogP contribution >= 0.6 is 7.82 Å². The van der Waals surface area contributed by atoms with Crippen molar-refractivity contribution in [2.45, 2.75) is 341 Å². The Morgan fingerprint density at radius 2 is 0.735 bits per heavy atom. The number of nitrogens with one attached hydrogen (secondary N) is 1. The molecule has 0 radical (unpaired) electrons. The summed E-state index contributed by atoms with van der Waals surface area (Å²) < 4.78 is 30.4. The van der Waals surface area contributed by atoms with Gasteiger partial charge in [-0.25, -0.2) is 0 Å². The third-order valence-electron chi connectivity index (χ3n) is 15.6. The molecule has 10 heteroatoms. The molecule has 0 saturated carbocycles. The van der Waals surface area contributed by atoms with Gasteiger partial charge in [0.25, 0.3) is 7.82 Å². The summed E-state index contributed by atoms with van der Waals surface area (Å²) in [6.45, 7) is 6.84. The van der Waals surface area contributed by atoms with Crippen LogP contribution in [0.5, 0.6) is 0 Å². The standard InChI is InChI=1S/C73H135N2O7P/c1-7-10-13-16-19-22-25-28-30-32-33-34-35-36-37-38-39-40-41-43-45-48-51-54-57-60-63-66-73(77)82-71(64-61-58-55-52-49-46-27-24-21-18-15-12-9-3)70(69-81-83(78,79)80-68-67-75(4,5)6)74-72(76)65-62-59-56-53-50-47-44-42-31-29-26-23-20-17-14-11-8-2/h19,22,28-31,33-34,36-37,61,64,70-71H,7-18,20-21,23-27,32,35,38-60,62-63,65-69H2,1-6H3,(H-,74,76,78,79)/b22-19-,30-28-,31-29+,34-33-,37-36-,64-61-. The smallest absolute Gasteiger partial charge is 0.306 e. The number of unbranched alkanes of at least 4 members (excludes halogenated alkanes) is 38. The molecular formula is C73H135N2O7P. The SMILES string of the molecule is CCCCC/C=C\C/C=C\C/C=C\C/C=C\CCCCCCCCCCCCCC(=O)OC(/C=C\CCCCCCCCCCCCC)C(COP(=O)([O-])OCC[N+](C)(C)C)NC(=O)CCCCCCCCC/C=C/CCCCCCCC. The van der Waals surface area contributed by atoms with Gasteiger partial charge in [-0.15, -0.1) is 0 Å². The zero-order valence-corrected chi connectivity index (χ0v) is 56.3. The van der Waals surface area contributed by atoms with Crippen LogP contribution in [0.15, 0.2) is 72.9 Å². The number of rotatable bonds is 64. The Balaban J connectivity index is 5.09. The Hall–Kier alpha value is -2.55. The maximum Gasteiger partial charge on any atom is 0.306 e. The fraction of sp³-hybridized carbons (Fsp3) is 0.808. The van der Waals surface area contributed by atoms with Gasteiger partial charge < -0.3 is 28.5 Å². The van der Waals surface area contributed by atoms with Crippen LogP contribution in [0.1, 0.15) is 329 Å². The normalized spacial score (nSPS) is 14.0. The van der Waals surface area contributed by atoms with Crippen molar-refractivity contribution in [1.82, 2.24) is 5.32 Å². The number of amides is 1. The summed E-state index contributed by atoms with van der Waals surface area (Å²) in [5, 5.41) is 3.04. The zero-order chi connectivity index (χ0) is 60.7. The number of carbonyl (C=O) groups excluding carboxylic acids is 2. The Bertz CT molecular complexity index is 1650. The summed E-state index contributed by atoms with van der Waals surface area (Å²) in [6, 6.07) is -0.894. The number of quaternary nitrogens is 1. The molecule has 0 aliphatic rings. The molecule has 0 aromatic rings. The molecule has 0 heterocycles. The first-order valence-electron chi connectivity index (χ1n) is 35.2. The van der Waals surface area contributed by atoms with Crippen molar-refractivity contribution >= 4 is 19.7 Å². The van der Waals surface area contributed by atoms with Crippen LogP contribution in [0.2, 0.25) is 0 Å². The van der Waals surface area contributed by atoms with Crippen LogP contribution in [0.25, 0.3) is 0 Å². The maximum atomic E-state index is 13.6. The predicted molar refractivity (Wildman–Crippen MR) is 358 cm³/mol. The number of nitrogens with zero attached hydrogens (tertiary/aromatic N) is 1. The highest BCUT2D eigenvalue weighted by atomic mass is 31.2. The average molecular weight is 1180 g/mol. The Morgan fingerprint density at radius 3 is 1.13 bits per heavy atom. The first-order valence-corrected chi connectivity index (χ1v) is 36.7. The molecule has 1 N–H and O–H groups in total. The molecule has 0 saturated heterocycles. The molecule has 484 valence electrons. The molecule has 0 spiro atoms. The lowest BCUT2D eigenvalue weighted by atomic mass is 10.0. The Kier molecular flexibility index (Phi) is 60.6. The van der Waals surface area contributed by atoms with Crippen LogP contribution < -0.4 is 10.2 Å². The van der Waals surface area contributed by atoms with Crippen LogP contribution in [0.3, 0.4) is 0 Å². The fourth-order valence-electron chi connectivity index (χ4n) is 10.1. The van der Waals surface area contributed by atoms with Crippen molar-refractivity contribution in [1.29, 1.82) is 0 Å². The molecule has 1 amide bonds. The minimum absolute atomic E-state index is 0.0246. The van der Waals surface area contributed by atoms with E-state index < -0.39 is 26.6 Å². The first kappa shape index (κ1) is 80.5. The zero-order valence-electron chi connectivity index (χ0n) is 55.4. The second-order valence-corrected chi connectivity index (χ2v) is 26.4. The van der Waals surface area contributed by atoms with E-state index in [0.29, 0.717) is 17.4 Å². The molecule has 0 aliphatic heterocycles. The molecule has 0 aromatic carbocycles. The summed E-state index contributed by atoms with van der Waals surface area (Å²) in [7, 11) is 1.18. The van der Waals surface area contributed by atoms with Gasteiger partial charge in [-0.1, -0.05) is 287 Å². The lowest BCUT2D eigenvalue weighted by Crippen LogP contribution is -2.47. The highest BCUT2D eigenvalue weighted by molar-refractivity contribution is 7.45. The number of phosphoric ester groups is 1. The summed E-state index contributed by atoms with van der Waals surface area (Å²) >= 11 is 0. The summed E-state index contributed by atoms with van der Waals surface area (Å²) in [4.78, 5) is 40.2. The second-order valence-electron chi connectivity index (χ2n) is 25.0. The van der Waals surface area contributed by atoms with Gasteiger partial charge in [0.15, 0.2) is 0 Å². The summed E-state index contributed by atoms with van der Waals surface area (Å²) in [5.41, 5.74) is 0. The highest BCUT2D eigenvalue weighted by Crippen LogP contribution is 2.38. The topological polar surface area (TPSA) is 114 Å². The predicted octanol–water partition coefficient (Wildman–Crippen LogP) is 21.7. The lowest BCUT2D eigenvalue weighted by Gasteiger charge is -2.30. The van der Waals surface area contributed by atoms with Crippen molar-refractivity contribution in [3.8, 4) is 0 Å². The molecule has 0 aliphatic carbocycles. The Labute approximate surface area is 514 Å². The second kappa shape index (κ2) is 62.5. The fourth-order valence-corrected chi connectivity index (χ4v) is 10.9. The number of phosphoric acid groups is 1. The van der Waals surface area contributed by atoms with Crippen molar-refractivity contribution in [3.05, 3.63) is 72.9 Å². The van der Waals surface area contributed by atoms with Gasteiger partial charge in [0.2, 0.25) is 5.91 Å². The number of hydrogen-bond acceptors (Lipinski definition) is 7. The van der Waals surface area contributed by atoms with Crippen LogP contribution in [-0.2, 0) is 27.9 Å². The quantitative estimate of drug-likeness (QED) is 0.0212. The van der Waals surface area contributed by atoms with Crippen LogP contribution in [0, 0.1) is 0 Å². The molecule has 0 rings (SSSR count). The van der Waals surface area contributed by atoms with E-state index >= 15 is 0 Å². The maximum absolute atomic E-state index is 13.6. The van der Waals surface area contributed by atoms with Crippen molar-refractivity contribution in [2.24, 2.45) is 0 Å². The largest absolute Gasteiger partial charge is 0.756 e. The van der Waals surface area contributed by atoms with Gasteiger partial charge in [-0.3, -0.25) is 14.2 Å². The van der Waals surface area contributed by atoms with Gasteiger partial charge in [-0.05, 0) is 102 Å². The molecule has 3 unspecified atom stereocenters. The number of ether oxygens (including phenoxy) is 1. The lowest BCUT2D eigenvalue weighted by molar-refractivity contribution is -0.870. The molecule has 83 heavy (non-hydrogen) atoms. The van der Waals surface area contributed by atoms with Crippen molar-refractivity contribution < 1.29 is 37.3 Å². The molecule has 0 aromatic heterocycles. The molecule has 0 fully saturated rings. The Morgan fingerprint density at radius 1 is 0.422 bits per heavy atom. The molecule has 3 atom stereocenters. The number of esters is 1. The third kappa shape index (κ3) is 63.8.